The van der Waals surface area contributed by atoms with Crippen LogP contribution in [0.3, 0.4) is 0 Å². The zero-order valence-corrected chi connectivity index (χ0v) is 11.6. The Morgan fingerprint density at radius 2 is 1.86 bits per heavy atom. The molecule has 0 bridgehead atoms. The molecule has 0 aliphatic carbocycles. The van der Waals surface area contributed by atoms with E-state index in [1.807, 2.05) is 0 Å². The number of rotatable bonds is 1. The van der Waals surface area contributed by atoms with Crippen LogP contribution in [0.4, 0.5) is 0 Å². The number of aromatic hydroxyl groups is 3. The van der Waals surface area contributed by atoms with Gasteiger partial charge in [0.25, 0.3) is 0 Å². The average Bonchev–Trinajstić information content (AvgIpc) is 2.42. The van der Waals surface area contributed by atoms with E-state index < -0.39 is 12.2 Å². The SMILES string of the molecule is Oc1cc(O)c2c(c1)OC(c1cccc(O)c1Cl)C(O)C2. The van der Waals surface area contributed by atoms with Gasteiger partial charge in [-0.05, 0) is 6.07 Å². The Kier molecular flexibility index (Phi) is 3.31. The van der Waals surface area contributed by atoms with Crippen molar-refractivity contribution in [2.45, 2.75) is 18.6 Å². The lowest BCUT2D eigenvalue weighted by Crippen LogP contribution is -2.30. The number of halogens is 1. The second kappa shape index (κ2) is 5.02. The molecule has 0 saturated heterocycles. The van der Waals surface area contributed by atoms with Crippen molar-refractivity contribution in [1.29, 1.82) is 0 Å². The van der Waals surface area contributed by atoms with Gasteiger partial charge >= 0.3 is 0 Å². The Balaban J connectivity index is 2.04. The maximum absolute atomic E-state index is 10.2. The van der Waals surface area contributed by atoms with Crippen molar-refractivity contribution in [3.8, 4) is 23.0 Å². The van der Waals surface area contributed by atoms with Crippen molar-refractivity contribution in [2.24, 2.45) is 0 Å². The number of phenolic OH excluding ortho intramolecular Hbond substituents is 3. The van der Waals surface area contributed by atoms with Gasteiger partial charge in [-0.2, -0.15) is 0 Å². The minimum atomic E-state index is -0.938. The van der Waals surface area contributed by atoms with Crippen LogP contribution in [-0.2, 0) is 6.42 Å². The lowest BCUT2D eigenvalue weighted by atomic mass is 9.94. The lowest BCUT2D eigenvalue weighted by molar-refractivity contribution is 0.0198. The van der Waals surface area contributed by atoms with E-state index in [2.05, 4.69) is 0 Å². The molecule has 110 valence electrons. The van der Waals surface area contributed by atoms with Gasteiger partial charge in [0.15, 0.2) is 6.10 Å². The Hall–Kier alpha value is -2.11. The highest BCUT2D eigenvalue weighted by Crippen LogP contribution is 2.44. The number of benzene rings is 2. The molecule has 3 rings (SSSR count). The molecule has 2 unspecified atom stereocenters. The van der Waals surface area contributed by atoms with Gasteiger partial charge < -0.3 is 25.2 Å². The quantitative estimate of drug-likeness (QED) is 0.650. The smallest absolute Gasteiger partial charge is 0.151 e. The minimum Gasteiger partial charge on any atom is -0.508 e. The molecule has 5 nitrogen and oxygen atoms in total. The normalized spacial score (nSPS) is 20.7. The third-order valence-electron chi connectivity index (χ3n) is 3.50. The zero-order chi connectivity index (χ0) is 15.1. The molecule has 0 saturated carbocycles. The van der Waals surface area contributed by atoms with E-state index in [9.17, 15) is 20.4 Å². The zero-order valence-electron chi connectivity index (χ0n) is 10.8. The Morgan fingerprint density at radius 3 is 2.62 bits per heavy atom. The molecule has 2 aromatic rings. The molecule has 1 heterocycles. The molecule has 1 aliphatic heterocycles. The fraction of sp³-hybridized carbons (Fsp3) is 0.200. The summed E-state index contributed by atoms with van der Waals surface area (Å²) in [7, 11) is 0. The van der Waals surface area contributed by atoms with E-state index in [1.54, 1.807) is 12.1 Å². The van der Waals surface area contributed by atoms with Crippen LogP contribution in [0.15, 0.2) is 30.3 Å². The summed E-state index contributed by atoms with van der Waals surface area (Å²) in [5.41, 5.74) is 0.866. The van der Waals surface area contributed by atoms with E-state index in [-0.39, 0.29) is 34.4 Å². The van der Waals surface area contributed by atoms with Gasteiger partial charge in [0.05, 0.1) is 11.1 Å². The van der Waals surface area contributed by atoms with Crippen LogP contribution in [0.1, 0.15) is 17.2 Å². The summed E-state index contributed by atoms with van der Waals surface area (Å²) in [5, 5.41) is 39.3. The fourth-order valence-electron chi connectivity index (χ4n) is 2.49. The molecule has 21 heavy (non-hydrogen) atoms. The van der Waals surface area contributed by atoms with Crippen molar-refractivity contribution >= 4 is 11.6 Å². The van der Waals surface area contributed by atoms with Gasteiger partial charge in [0, 0.05) is 29.7 Å². The predicted molar refractivity (Wildman–Crippen MR) is 76.0 cm³/mol. The third-order valence-corrected chi connectivity index (χ3v) is 3.91. The maximum atomic E-state index is 10.2. The number of aliphatic hydroxyl groups is 1. The standard InChI is InChI=1S/C15H13ClO5/c16-14-8(2-1-3-10(14)18)15-12(20)6-9-11(19)4-7(17)5-13(9)21-15/h1-5,12,15,17-20H,6H2. The largest absolute Gasteiger partial charge is 0.508 e. The molecule has 0 aromatic heterocycles. The highest BCUT2D eigenvalue weighted by atomic mass is 35.5. The van der Waals surface area contributed by atoms with Gasteiger partial charge in [0.1, 0.15) is 23.0 Å². The molecular weight excluding hydrogens is 296 g/mol. The lowest BCUT2D eigenvalue weighted by Gasteiger charge is -2.31. The average molecular weight is 309 g/mol. The van der Waals surface area contributed by atoms with Gasteiger partial charge in [-0.1, -0.05) is 23.7 Å². The van der Waals surface area contributed by atoms with Gasteiger partial charge in [-0.25, -0.2) is 0 Å². The topological polar surface area (TPSA) is 90.2 Å². The second-order valence-electron chi connectivity index (χ2n) is 4.93. The summed E-state index contributed by atoms with van der Waals surface area (Å²) in [6.45, 7) is 0. The van der Waals surface area contributed by atoms with E-state index in [1.165, 1.54) is 18.2 Å². The van der Waals surface area contributed by atoms with E-state index in [4.69, 9.17) is 16.3 Å². The molecule has 0 amide bonds. The molecule has 1 aliphatic rings. The Labute approximate surface area is 125 Å². The van der Waals surface area contributed by atoms with Crippen LogP contribution >= 0.6 is 11.6 Å². The van der Waals surface area contributed by atoms with Crippen molar-refractivity contribution in [3.05, 3.63) is 46.5 Å². The molecular formula is C15H13ClO5. The number of hydrogen-bond acceptors (Lipinski definition) is 5. The van der Waals surface area contributed by atoms with Crippen molar-refractivity contribution in [1.82, 2.24) is 0 Å². The monoisotopic (exact) mass is 308 g/mol. The van der Waals surface area contributed by atoms with Gasteiger partial charge in [-0.3, -0.25) is 0 Å². The summed E-state index contributed by atoms with van der Waals surface area (Å²) in [5.74, 6) is -0.0929. The highest BCUT2D eigenvalue weighted by Gasteiger charge is 2.33. The van der Waals surface area contributed by atoms with Crippen LogP contribution < -0.4 is 4.74 Å². The van der Waals surface area contributed by atoms with Crippen LogP contribution in [0.25, 0.3) is 0 Å². The van der Waals surface area contributed by atoms with Crippen LogP contribution in [-0.4, -0.2) is 26.5 Å². The maximum Gasteiger partial charge on any atom is 0.151 e. The fourth-order valence-corrected chi connectivity index (χ4v) is 2.72. The van der Waals surface area contributed by atoms with Crippen molar-refractivity contribution < 1.29 is 25.2 Å². The van der Waals surface area contributed by atoms with Crippen LogP contribution in [0.5, 0.6) is 23.0 Å². The first kappa shape index (κ1) is 13.9. The Morgan fingerprint density at radius 1 is 1.10 bits per heavy atom. The number of hydrogen-bond donors (Lipinski definition) is 4. The van der Waals surface area contributed by atoms with Crippen molar-refractivity contribution in [2.75, 3.05) is 0 Å². The van der Waals surface area contributed by atoms with Crippen LogP contribution in [0.2, 0.25) is 5.02 Å². The molecule has 0 fully saturated rings. The third kappa shape index (κ3) is 2.34. The molecule has 0 radical (unpaired) electrons. The van der Waals surface area contributed by atoms with Crippen molar-refractivity contribution in [3.63, 3.8) is 0 Å². The molecule has 4 N–H and O–H groups in total. The van der Waals surface area contributed by atoms with E-state index >= 15 is 0 Å². The summed E-state index contributed by atoms with van der Waals surface area (Å²) >= 11 is 6.04. The minimum absolute atomic E-state index is 0.102. The summed E-state index contributed by atoms with van der Waals surface area (Å²) in [6, 6.07) is 7.24. The first-order valence-electron chi connectivity index (χ1n) is 6.34. The summed E-state index contributed by atoms with van der Waals surface area (Å²) in [6.07, 6.45) is -1.58. The number of aliphatic hydroxyl groups excluding tert-OH is 1. The van der Waals surface area contributed by atoms with Gasteiger partial charge in [0.2, 0.25) is 0 Å². The Bertz CT molecular complexity index is 701. The summed E-state index contributed by atoms with van der Waals surface area (Å²) in [4.78, 5) is 0. The summed E-state index contributed by atoms with van der Waals surface area (Å²) < 4.78 is 5.66. The first-order valence-corrected chi connectivity index (χ1v) is 6.72. The molecule has 6 heteroatoms. The number of ether oxygens (including phenoxy) is 1. The van der Waals surface area contributed by atoms with E-state index in [0.29, 0.717) is 11.1 Å². The predicted octanol–water partition coefficient (Wildman–Crippen LogP) is 2.49. The van der Waals surface area contributed by atoms with E-state index in [0.717, 1.165) is 0 Å². The number of phenols is 3. The van der Waals surface area contributed by atoms with Crippen LogP contribution in [0, 0.1) is 0 Å². The number of fused-ring (bicyclic) bond motifs is 1. The second-order valence-corrected chi connectivity index (χ2v) is 5.31. The molecule has 0 spiro atoms. The first-order chi connectivity index (χ1) is 9.97. The highest BCUT2D eigenvalue weighted by molar-refractivity contribution is 6.32. The van der Waals surface area contributed by atoms with Gasteiger partial charge in [-0.15, -0.1) is 0 Å². The molecule has 2 atom stereocenters. The molecule has 2 aromatic carbocycles.